The number of nitrogens with zero attached hydrogens (tertiary/aromatic N) is 1. The van der Waals surface area contributed by atoms with E-state index in [-0.39, 0.29) is 5.82 Å². The van der Waals surface area contributed by atoms with E-state index in [0.717, 1.165) is 30.6 Å². The number of nitrogens with one attached hydrogen (secondary N) is 1. The molecule has 1 fully saturated rings. The number of hydrogen-bond acceptors (Lipinski definition) is 2. The summed E-state index contributed by atoms with van der Waals surface area (Å²) in [5.41, 5.74) is 2.64. The Kier molecular flexibility index (Phi) is 2.56. The minimum atomic E-state index is -0.224. The quantitative estimate of drug-likeness (QED) is 0.814. The molecular weight excluding hydrogens is 215 g/mol. The molecule has 0 saturated carbocycles. The number of fused-ring (bicyclic) bond motifs is 1. The Bertz CT molecular complexity index is 559. The van der Waals surface area contributed by atoms with Gasteiger partial charge in [-0.3, -0.25) is 4.98 Å². The molecule has 1 atom stereocenters. The number of rotatable bonds is 1. The van der Waals surface area contributed by atoms with Crippen molar-refractivity contribution in [3.05, 3.63) is 41.3 Å². The van der Waals surface area contributed by atoms with Crippen molar-refractivity contribution in [2.75, 3.05) is 13.1 Å². The van der Waals surface area contributed by atoms with Crippen LogP contribution in [-0.2, 0) is 0 Å². The van der Waals surface area contributed by atoms with Crippen molar-refractivity contribution in [1.82, 2.24) is 10.3 Å². The van der Waals surface area contributed by atoms with Crippen LogP contribution in [0.3, 0.4) is 0 Å². The van der Waals surface area contributed by atoms with Gasteiger partial charge in [0.15, 0.2) is 0 Å². The topological polar surface area (TPSA) is 24.9 Å². The Morgan fingerprint density at radius 1 is 1.41 bits per heavy atom. The highest BCUT2D eigenvalue weighted by molar-refractivity contribution is 5.83. The van der Waals surface area contributed by atoms with Gasteiger partial charge in [-0.15, -0.1) is 0 Å². The lowest BCUT2D eigenvalue weighted by molar-refractivity contribution is 0.636. The molecule has 1 unspecified atom stereocenters. The lowest BCUT2D eigenvalue weighted by Gasteiger charge is -2.13. The molecule has 0 aliphatic carbocycles. The molecule has 1 aromatic heterocycles. The maximum atomic E-state index is 13.8. The van der Waals surface area contributed by atoms with Crippen LogP contribution in [-0.4, -0.2) is 18.1 Å². The van der Waals surface area contributed by atoms with E-state index in [2.05, 4.69) is 16.4 Å². The van der Waals surface area contributed by atoms with E-state index in [1.54, 1.807) is 6.07 Å². The van der Waals surface area contributed by atoms with Gasteiger partial charge in [-0.25, -0.2) is 4.39 Å². The maximum absolute atomic E-state index is 13.8. The van der Waals surface area contributed by atoms with Crippen LogP contribution >= 0.6 is 0 Å². The van der Waals surface area contributed by atoms with Crippen molar-refractivity contribution in [2.45, 2.75) is 19.3 Å². The summed E-state index contributed by atoms with van der Waals surface area (Å²) >= 11 is 0. The minimum absolute atomic E-state index is 0.224. The number of para-hydroxylation sites is 1. The minimum Gasteiger partial charge on any atom is -0.316 e. The number of aryl methyl sites for hydroxylation is 1. The Morgan fingerprint density at radius 2 is 2.29 bits per heavy atom. The van der Waals surface area contributed by atoms with Crippen LogP contribution in [0.15, 0.2) is 24.3 Å². The highest BCUT2D eigenvalue weighted by Crippen LogP contribution is 2.30. The molecule has 1 aromatic carbocycles. The van der Waals surface area contributed by atoms with Crippen molar-refractivity contribution in [2.24, 2.45) is 0 Å². The third kappa shape index (κ3) is 1.80. The van der Waals surface area contributed by atoms with Gasteiger partial charge < -0.3 is 5.32 Å². The fourth-order valence-corrected chi connectivity index (χ4v) is 2.63. The van der Waals surface area contributed by atoms with Gasteiger partial charge in [0.05, 0.1) is 0 Å². The summed E-state index contributed by atoms with van der Waals surface area (Å²) in [5, 5.41) is 4.32. The number of pyridine rings is 1. The lowest BCUT2D eigenvalue weighted by Crippen LogP contribution is -2.08. The highest BCUT2D eigenvalue weighted by atomic mass is 19.1. The van der Waals surface area contributed by atoms with Crippen LogP contribution in [0.2, 0.25) is 0 Å². The molecule has 2 heterocycles. The van der Waals surface area contributed by atoms with Gasteiger partial charge >= 0.3 is 0 Å². The summed E-state index contributed by atoms with van der Waals surface area (Å²) in [6.45, 7) is 3.95. The molecule has 0 radical (unpaired) electrons. The van der Waals surface area contributed by atoms with E-state index in [1.165, 1.54) is 11.6 Å². The third-order valence-corrected chi connectivity index (χ3v) is 3.45. The van der Waals surface area contributed by atoms with E-state index in [4.69, 9.17) is 0 Å². The first-order chi connectivity index (χ1) is 8.25. The van der Waals surface area contributed by atoms with Gasteiger partial charge in [-0.05, 0) is 43.5 Å². The van der Waals surface area contributed by atoms with Crippen molar-refractivity contribution in [3.63, 3.8) is 0 Å². The van der Waals surface area contributed by atoms with Crippen LogP contribution in [0.4, 0.5) is 4.39 Å². The zero-order valence-electron chi connectivity index (χ0n) is 9.83. The second-order valence-corrected chi connectivity index (χ2v) is 4.68. The highest BCUT2D eigenvalue weighted by Gasteiger charge is 2.20. The summed E-state index contributed by atoms with van der Waals surface area (Å²) in [6.07, 6.45) is 1.12. The number of halogens is 1. The van der Waals surface area contributed by atoms with Gasteiger partial charge in [0.2, 0.25) is 0 Å². The average Bonchev–Trinajstić information content (AvgIpc) is 2.83. The molecule has 0 bridgehead atoms. The van der Waals surface area contributed by atoms with Crippen molar-refractivity contribution < 1.29 is 4.39 Å². The Balaban J connectivity index is 2.25. The van der Waals surface area contributed by atoms with E-state index < -0.39 is 0 Å². The molecule has 1 saturated heterocycles. The van der Waals surface area contributed by atoms with E-state index in [0.29, 0.717) is 11.4 Å². The Morgan fingerprint density at radius 3 is 3.06 bits per heavy atom. The predicted octanol–water partition coefficient (Wildman–Crippen LogP) is 2.76. The van der Waals surface area contributed by atoms with Crippen LogP contribution in [0.5, 0.6) is 0 Å². The number of benzene rings is 1. The molecule has 1 aliphatic heterocycles. The summed E-state index contributed by atoms with van der Waals surface area (Å²) in [4.78, 5) is 4.31. The molecule has 88 valence electrons. The average molecular weight is 230 g/mol. The van der Waals surface area contributed by atoms with Crippen LogP contribution in [0.25, 0.3) is 10.9 Å². The third-order valence-electron chi connectivity index (χ3n) is 3.45. The molecule has 0 amide bonds. The molecule has 17 heavy (non-hydrogen) atoms. The first-order valence-corrected chi connectivity index (χ1v) is 6.02. The monoisotopic (exact) mass is 230 g/mol. The van der Waals surface area contributed by atoms with Gasteiger partial charge in [-0.1, -0.05) is 12.1 Å². The zero-order valence-corrected chi connectivity index (χ0v) is 9.83. The largest absolute Gasteiger partial charge is 0.316 e. The van der Waals surface area contributed by atoms with Gasteiger partial charge in [0.1, 0.15) is 11.3 Å². The van der Waals surface area contributed by atoms with Crippen LogP contribution in [0.1, 0.15) is 23.6 Å². The maximum Gasteiger partial charge on any atom is 0.149 e. The predicted molar refractivity (Wildman–Crippen MR) is 66.7 cm³/mol. The number of aromatic nitrogens is 1. The van der Waals surface area contributed by atoms with Crippen LogP contribution in [0, 0.1) is 12.7 Å². The summed E-state index contributed by atoms with van der Waals surface area (Å²) < 4.78 is 13.8. The summed E-state index contributed by atoms with van der Waals surface area (Å²) in [5.74, 6) is 0.263. The van der Waals surface area contributed by atoms with Gasteiger partial charge in [0.25, 0.3) is 0 Å². The zero-order chi connectivity index (χ0) is 11.8. The SMILES string of the molecule is Cc1cc(C2CCNC2)c2cccc(F)c2n1. The van der Waals surface area contributed by atoms with Crippen molar-refractivity contribution >= 4 is 10.9 Å². The van der Waals surface area contributed by atoms with E-state index in [1.807, 2.05) is 13.0 Å². The Labute approximate surface area is 99.9 Å². The smallest absolute Gasteiger partial charge is 0.149 e. The lowest BCUT2D eigenvalue weighted by atomic mass is 9.94. The number of hydrogen-bond donors (Lipinski definition) is 1. The molecule has 2 nitrogen and oxygen atoms in total. The second kappa shape index (κ2) is 4.08. The van der Waals surface area contributed by atoms with E-state index in [9.17, 15) is 4.39 Å². The van der Waals surface area contributed by atoms with Crippen LogP contribution < -0.4 is 5.32 Å². The molecule has 2 aromatic rings. The standard InChI is InChI=1S/C14H15FN2/c1-9-7-12(10-5-6-16-8-10)11-3-2-4-13(15)14(11)17-9/h2-4,7,10,16H,5-6,8H2,1H3. The molecule has 1 N–H and O–H groups in total. The molecule has 1 aliphatic rings. The normalized spacial score (nSPS) is 20.0. The van der Waals surface area contributed by atoms with E-state index >= 15 is 0 Å². The summed E-state index contributed by atoms with van der Waals surface area (Å²) in [6, 6.07) is 7.31. The Hall–Kier alpha value is -1.48. The van der Waals surface area contributed by atoms with Gasteiger partial charge in [0, 0.05) is 17.6 Å². The molecular formula is C14H15FN2. The molecule has 0 spiro atoms. The first-order valence-electron chi connectivity index (χ1n) is 6.02. The van der Waals surface area contributed by atoms with Crippen molar-refractivity contribution in [1.29, 1.82) is 0 Å². The molecule has 3 heteroatoms. The molecule has 3 rings (SSSR count). The van der Waals surface area contributed by atoms with Crippen molar-refractivity contribution in [3.8, 4) is 0 Å². The fraction of sp³-hybridized carbons (Fsp3) is 0.357. The second-order valence-electron chi connectivity index (χ2n) is 4.68. The summed E-state index contributed by atoms with van der Waals surface area (Å²) in [7, 11) is 0. The fourth-order valence-electron chi connectivity index (χ4n) is 2.63. The van der Waals surface area contributed by atoms with Gasteiger partial charge in [-0.2, -0.15) is 0 Å². The first kappa shape index (κ1) is 10.7.